The van der Waals surface area contributed by atoms with Crippen LogP contribution >= 0.6 is 0 Å². The van der Waals surface area contributed by atoms with E-state index in [0.717, 1.165) is 38.5 Å². The molecule has 0 aromatic heterocycles. The number of ether oxygens (including phenoxy) is 1. The molecule has 0 radical (unpaired) electrons. The van der Waals surface area contributed by atoms with Gasteiger partial charge in [0.05, 0.1) is 25.4 Å². The van der Waals surface area contributed by atoms with Gasteiger partial charge in [0.15, 0.2) is 0 Å². The van der Waals surface area contributed by atoms with Crippen molar-refractivity contribution in [3.05, 3.63) is 0 Å². The molecule has 0 aliphatic carbocycles. The smallest absolute Gasteiger partial charge is 0.305 e. The molecule has 0 aliphatic heterocycles. The van der Waals surface area contributed by atoms with Crippen LogP contribution < -0.4 is 5.32 Å². The molecule has 0 heterocycles. The van der Waals surface area contributed by atoms with Gasteiger partial charge in [-0.25, -0.2) is 0 Å². The number of unbranched alkanes of at least 4 members (excludes halogenated alkanes) is 58. The first-order chi connectivity index (χ1) is 38.5. The van der Waals surface area contributed by atoms with Crippen LogP contribution in [0.3, 0.4) is 0 Å². The average molecular weight is 1100 g/mol. The van der Waals surface area contributed by atoms with E-state index < -0.39 is 12.1 Å². The van der Waals surface area contributed by atoms with E-state index in [4.69, 9.17) is 4.74 Å². The van der Waals surface area contributed by atoms with E-state index in [1.807, 2.05) is 0 Å². The molecule has 6 heteroatoms. The van der Waals surface area contributed by atoms with E-state index in [1.165, 1.54) is 353 Å². The third-order valence-electron chi connectivity index (χ3n) is 17.4. The summed E-state index contributed by atoms with van der Waals surface area (Å²) in [4.78, 5) is 24.5. The van der Waals surface area contributed by atoms with E-state index >= 15 is 0 Å². The summed E-state index contributed by atoms with van der Waals surface area (Å²) in [6, 6.07) is -0.534. The average Bonchev–Trinajstić information content (AvgIpc) is 3.44. The van der Waals surface area contributed by atoms with Gasteiger partial charge >= 0.3 is 5.97 Å². The minimum Gasteiger partial charge on any atom is -0.466 e. The van der Waals surface area contributed by atoms with Crippen LogP contribution in [0.2, 0.25) is 0 Å². The van der Waals surface area contributed by atoms with Crippen LogP contribution in [-0.4, -0.2) is 47.4 Å². The highest BCUT2D eigenvalue weighted by atomic mass is 16.5. The number of aliphatic hydroxyl groups excluding tert-OH is 2. The topological polar surface area (TPSA) is 95.9 Å². The van der Waals surface area contributed by atoms with Crippen molar-refractivity contribution >= 4 is 11.9 Å². The highest BCUT2D eigenvalue weighted by molar-refractivity contribution is 5.76. The van der Waals surface area contributed by atoms with Crippen molar-refractivity contribution < 1.29 is 24.5 Å². The molecule has 0 fully saturated rings. The number of aliphatic hydroxyl groups is 2. The zero-order valence-electron chi connectivity index (χ0n) is 53.4. The normalized spacial score (nSPS) is 12.4. The second-order valence-electron chi connectivity index (χ2n) is 25.3. The Labute approximate surface area is 489 Å². The van der Waals surface area contributed by atoms with Crippen LogP contribution in [0.25, 0.3) is 0 Å². The van der Waals surface area contributed by atoms with Gasteiger partial charge in [-0.1, -0.05) is 386 Å². The number of nitrogens with one attached hydrogen (secondary N) is 1. The molecular formula is C72H143NO5. The number of amides is 1. The van der Waals surface area contributed by atoms with E-state index in [2.05, 4.69) is 19.2 Å². The van der Waals surface area contributed by atoms with Crippen molar-refractivity contribution in [3.8, 4) is 0 Å². The molecule has 3 N–H and O–H groups in total. The molecule has 0 bridgehead atoms. The molecule has 0 saturated carbocycles. The van der Waals surface area contributed by atoms with Gasteiger partial charge in [0, 0.05) is 12.8 Å². The molecule has 0 aromatic carbocycles. The number of hydrogen-bond donors (Lipinski definition) is 3. The highest BCUT2D eigenvalue weighted by Crippen LogP contribution is 2.20. The molecule has 1 amide bonds. The zero-order valence-corrected chi connectivity index (χ0v) is 53.4. The lowest BCUT2D eigenvalue weighted by Crippen LogP contribution is -2.45. The third-order valence-corrected chi connectivity index (χ3v) is 17.4. The largest absolute Gasteiger partial charge is 0.466 e. The van der Waals surface area contributed by atoms with Gasteiger partial charge in [0.1, 0.15) is 0 Å². The van der Waals surface area contributed by atoms with E-state index in [0.29, 0.717) is 25.9 Å². The Balaban J connectivity index is 3.26. The summed E-state index contributed by atoms with van der Waals surface area (Å²) in [5.41, 5.74) is 0. The van der Waals surface area contributed by atoms with Crippen molar-refractivity contribution in [2.75, 3.05) is 13.2 Å². The Morgan fingerprint density at radius 2 is 0.526 bits per heavy atom. The summed E-state index contributed by atoms with van der Waals surface area (Å²) >= 11 is 0. The Bertz CT molecular complexity index is 1130. The Morgan fingerprint density at radius 3 is 0.782 bits per heavy atom. The first-order valence-electron chi connectivity index (χ1n) is 36.3. The maximum Gasteiger partial charge on any atom is 0.305 e. The first kappa shape index (κ1) is 76.9. The molecule has 466 valence electrons. The molecule has 2 unspecified atom stereocenters. The van der Waals surface area contributed by atoms with Crippen molar-refractivity contribution in [2.24, 2.45) is 0 Å². The predicted molar refractivity (Wildman–Crippen MR) is 343 cm³/mol. The standard InChI is InChI=1S/C72H143NO5/c1-3-5-7-9-11-13-15-41-46-50-54-58-62-66-72(77)78-67-63-59-55-51-47-43-40-38-36-34-32-30-28-26-24-22-20-18-16-17-19-21-23-25-27-29-31-33-35-37-39-42-45-49-53-57-61-65-71(76)73-69(68-74)70(75)64-60-56-52-48-44-14-12-10-8-6-4-2/h69-70,74-75H,3-68H2,1-2H3,(H,73,76). The maximum atomic E-state index is 12.5. The Hall–Kier alpha value is -1.14. The molecule has 0 aromatic rings. The van der Waals surface area contributed by atoms with Crippen molar-refractivity contribution in [3.63, 3.8) is 0 Å². The van der Waals surface area contributed by atoms with Gasteiger partial charge in [-0.2, -0.15) is 0 Å². The maximum absolute atomic E-state index is 12.5. The minimum absolute atomic E-state index is 0.0259. The second kappa shape index (κ2) is 68.4. The van der Waals surface area contributed by atoms with Crippen LogP contribution in [0.1, 0.15) is 425 Å². The highest BCUT2D eigenvalue weighted by Gasteiger charge is 2.20. The lowest BCUT2D eigenvalue weighted by Gasteiger charge is -2.22. The van der Waals surface area contributed by atoms with E-state index in [1.54, 1.807) is 0 Å². The molecule has 6 nitrogen and oxygen atoms in total. The molecule has 0 saturated heterocycles. The van der Waals surface area contributed by atoms with Crippen LogP contribution in [-0.2, 0) is 14.3 Å². The fourth-order valence-electron chi connectivity index (χ4n) is 11.9. The van der Waals surface area contributed by atoms with Crippen molar-refractivity contribution in [1.29, 1.82) is 0 Å². The first-order valence-corrected chi connectivity index (χ1v) is 36.3. The summed E-state index contributed by atoms with van der Waals surface area (Å²) < 4.78 is 5.49. The number of hydrogen-bond acceptors (Lipinski definition) is 5. The quantitative estimate of drug-likeness (QED) is 0.0417. The van der Waals surface area contributed by atoms with Crippen LogP contribution in [0.4, 0.5) is 0 Å². The fourth-order valence-corrected chi connectivity index (χ4v) is 11.9. The number of carbonyl (C=O) groups excluding carboxylic acids is 2. The van der Waals surface area contributed by atoms with E-state index in [9.17, 15) is 19.8 Å². The molecule has 0 spiro atoms. The third kappa shape index (κ3) is 64.0. The SMILES string of the molecule is CCCCCCCCCCCCCCCC(=O)OCCCCCCCCCCCCCCCCCCCCCCCCCCCCCCCCCCCCCCCC(=O)NC(CO)C(O)CCCCCCCCCCCCC. The second-order valence-corrected chi connectivity index (χ2v) is 25.3. The van der Waals surface area contributed by atoms with Crippen LogP contribution in [0, 0.1) is 0 Å². The van der Waals surface area contributed by atoms with Gasteiger partial charge in [-0.05, 0) is 25.7 Å². The minimum atomic E-state index is -0.657. The Morgan fingerprint density at radius 1 is 0.308 bits per heavy atom. The molecule has 2 atom stereocenters. The number of rotatable bonds is 69. The predicted octanol–water partition coefficient (Wildman–Crippen LogP) is 23.4. The summed E-state index contributed by atoms with van der Waals surface area (Å²) in [6.07, 6.45) is 83.3. The van der Waals surface area contributed by atoms with Crippen LogP contribution in [0.15, 0.2) is 0 Å². The van der Waals surface area contributed by atoms with Gasteiger partial charge < -0.3 is 20.3 Å². The van der Waals surface area contributed by atoms with Crippen molar-refractivity contribution in [1.82, 2.24) is 5.32 Å². The molecule has 0 rings (SSSR count). The van der Waals surface area contributed by atoms with Crippen molar-refractivity contribution in [2.45, 2.75) is 437 Å². The molecular weight excluding hydrogens is 959 g/mol. The Kier molecular flexibility index (Phi) is 67.4. The summed E-state index contributed by atoms with van der Waals surface area (Å²) in [5, 5.41) is 23.2. The zero-order chi connectivity index (χ0) is 56.4. The van der Waals surface area contributed by atoms with E-state index in [-0.39, 0.29) is 18.5 Å². The van der Waals surface area contributed by atoms with Crippen LogP contribution in [0.5, 0.6) is 0 Å². The summed E-state index contributed by atoms with van der Waals surface area (Å²) in [7, 11) is 0. The number of esters is 1. The lowest BCUT2D eigenvalue weighted by molar-refractivity contribution is -0.143. The monoisotopic (exact) mass is 1100 g/mol. The fraction of sp³-hybridized carbons (Fsp3) is 0.972. The van der Waals surface area contributed by atoms with Gasteiger partial charge in [0.25, 0.3) is 0 Å². The van der Waals surface area contributed by atoms with Gasteiger partial charge in [-0.3, -0.25) is 9.59 Å². The lowest BCUT2D eigenvalue weighted by atomic mass is 10.0. The van der Waals surface area contributed by atoms with Gasteiger partial charge in [-0.15, -0.1) is 0 Å². The number of carbonyl (C=O) groups is 2. The molecule has 0 aliphatic rings. The summed E-state index contributed by atoms with van der Waals surface area (Å²) in [5.74, 6) is -0.00158. The molecule has 78 heavy (non-hydrogen) atoms. The van der Waals surface area contributed by atoms with Gasteiger partial charge in [0.2, 0.25) is 5.91 Å². The summed E-state index contributed by atoms with van der Waals surface area (Å²) in [6.45, 7) is 4.99.